The normalized spacial score (nSPS) is 40.2. The molecule has 3 aliphatic heterocycles. The summed E-state index contributed by atoms with van der Waals surface area (Å²) in [5.74, 6) is 0.791. The van der Waals surface area contributed by atoms with E-state index in [0.717, 1.165) is 74.9 Å². The van der Waals surface area contributed by atoms with Crippen molar-refractivity contribution in [3.8, 4) is 0 Å². The fraction of sp³-hybridized carbons (Fsp3) is 0.871. The van der Waals surface area contributed by atoms with Crippen LogP contribution in [0.2, 0.25) is 0 Å². The molecule has 24 nitrogen and oxygen atoms in total. The van der Waals surface area contributed by atoms with Crippen LogP contribution < -0.4 is 79.4 Å². The summed E-state index contributed by atoms with van der Waals surface area (Å²) >= 11 is 0. The minimum Gasteiger partial charge on any atom is -0.394 e. The second-order valence-electron chi connectivity index (χ2n) is 25.8. The molecule has 6 aliphatic carbocycles. The van der Waals surface area contributed by atoms with Gasteiger partial charge in [-0.1, -0.05) is 94.4 Å². The first kappa shape index (κ1) is 78.2. The smallest absolute Gasteiger partial charge is 0.184 e. The van der Waals surface area contributed by atoms with Gasteiger partial charge < -0.3 is 128 Å². The molecular formula is C62H128N16O8. The molecular weight excluding hydrogens is 1100 g/mol. The Morgan fingerprint density at radius 3 is 1.41 bits per heavy atom. The van der Waals surface area contributed by atoms with Gasteiger partial charge in [-0.05, 0) is 132 Å². The first-order valence-electron chi connectivity index (χ1n) is 32.4. The summed E-state index contributed by atoms with van der Waals surface area (Å²) in [4.78, 5) is 4.76. The summed E-state index contributed by atoms with van der Waals surface area (Å²) in [5, 5.41) is 33.8. The number of rotatable bonds is 7. The number of nitrogens with one attached hydrogen (secondary N) is 2. The maximum Gasteiger partial charge on any atom is 0.184 e. The molecule has 0 amide bonds. The summed E-state index contributed by atoms with van der Waals surface area (Å²) < 4.78 is 27.4. The van der Waals surface area contributed by atoms with E-state index in [1.807, 2.05) is 30.3 Å². The fourth-order valence-corrected chi connectivity index (χ4v) is 12.5. The lowest BCUT2D eigenvalue weighted by atomic mass is 9.84. The molecule has 3 heterocycles. The molecule has 1 aromatic rings. The van der Waals surface area contributed by atoms with Crippen LogP contribution in [0.25, 0.3) is 0 Å². The van der Waals surface area contributed by atoms with Crippen LogP contribution in [-0.2, 0) is 23.7 Å². The van der Waals surface area contributed by atoms with E-state index in [4.69, 9.17) is 103 Å². The Kier molecular flexibility index (Phi) is 38.4. The number of hydrogen-bond acceptors (Lipinski definition) is 24. The highest BCUT2D eigenvalue weighted by atomic mass is 16.7. The van der Waals surface area contributed by atoms with Crippen molar-refractivity contribution in [2.75, 3.05) is 62.6 Å². The minimum absolute atomic E-state index is 0.194. The van der Waals surface area contributed by atoms with Crippen LogP contribution in [-0.4, -0.2) is 221 Å². The summed E-state index contributed by atoms with van der Waals surface area (Å²) in [6.07, 6.45) is 24.2. The van der Waals surface area contributed by atoms with Crippen molar-refractivity contribution in [1.29, 1.82) is 0 Å². The Bertz CT molecular complexity index is 1830. The number of likely N-dealkylation sites (N-methyl/N-ethyl adjacent to an activating group) is 4. The highest BCUT2D eigenvalue weighted by Gasteiger charge is 2.47. The van der Waals surface area contributed by atoms with Crippen LogP contribution in [0.3, 0.4) is 0 Å². The predicted molar refractivity (Wildman–Crippen MR) is 347 cm³/mol. The van der Waals surface area contributed by atoms with Crippen LogP contribution >= 0.6 is 0 Å². The van der Waals surface area contributed by atoms with Gasteiger partial charge >= 0.3 is 0 Å². The standard InChI is InChI=1S/C14H20N2O4.C10H22N2.C8H18N2.C7H16N2.C6H14N2O4.C6H14N2.C6H12N2.C5H12N2/c1-17-14-11(16)10(15)12-9(19-14)7-18-13(20-12)8-5-3-2-4-6-8;1-11(2)9-7-5-6-8-10(9)12(3)4;1-9-7-5-3-4-6-8(7)10-2;1-5-2-3-6(8)7(9)4-5;7-3-4(8)6(11)12-2(1-9)5(3)10;2*7-5-3-1-2-4-6(5)8;6-4-2-1-3-5(4)7/h2-6,9-14H,7,15-16H2,1H3;9-10H,5-8H2,1-4H3;7-10H,3-6H2,1-2H3;5-7H,2-4,8-9H2,1H3;2-6,9-11H,1,7-8H2;5-6H,1-4,7-8H2;1-2,5-6H,3-4,7-8H2;4-5H,1-3,6-7H2/t9-,10-,11-,12-,13?,14-;;;;2-,3-,4-,5-,6?;;;/m1...1.../s1. The Balaban J connectivity index is 0.000000264. The van der Waals surface area contributed by atoms with Gasteiger partial charge in [-0.2, -0.15) is 0 Å². The number of benzene rings is 1. The number of aliphatic hydroxyl groups excluding tert-OH is 3. The molecule has 29 N–H and O–H groups in total. The lowest BCUT2D eigenvalue weighted by molar-refractivity contribution is -0.321. The number of hydrogen-bond donors (Lipinski definition) is 17. The number of methoxy groups -OCH3 is 1. The van der Waals surface area contributed by atoms with E-state index in [0.29, 0.717) is 30.8 Å². The number of nitrogens with zero attached hydrogens (tertiary/aromatic N) is 2. The summed E-state index contributed by atoms with van der Waals surface area (Å²) in [5.41, 5.74) is 69.1. The number of fused-ring (bicyclic) bond motifs is 1. The topological polar surface area (TPSA) is 450 Å². The van der Waals surface area contributed by atoms with Gasteiger partial charge in [-0.3, -0.25) is 0 Å². The zero-order valence-corrected chi connectivity index (χ0v) is 54.2. The zero-order chi connectivity index (χ0) is 64.0. The first-order chi connectivity index (χ1) is 40.9. The van der Waals surface area contributed by atoms with Crippen LogP contribution in [0.15, 0.2) is 42.5 Å². The highest BCUT2D eigenvalue weighted by Crippen LogP contribution is 2.33. The molecule has 8 fully saturated rings. The van der Waals surface area contributed by atoms with Crippen molar-refractivity contribution < 1.29 is 39.0 Å². The summed E-state index contributed by atoms with van der Waals surface area (Å²) in [7, 11) is 14.5. The predicted octanol–water partition coefficient (Wildman–Crippen LogP) is -0.513. The minimum atomic E-state index is -1.22. The third-order valence-electron chi connectivity index (χ3n) is 18.6. The highest BCUT2D eigenvalue weighted by molar-refractivity contribution is 5.17. The van der Waals surface area contributed by atoms with Crippen molar-refractivity contribution in [3.05, 3.63) is 48.0 Å². The van der Waals surface area contributed by atoms with E-state index in [1.165, 1.54) is 77.0 Å². The molecule has 0 bridgehead atoms. The molecule has 0 spiro atoms. The van der Waals surface area contributed by atoms with Gasteiger partial charge in [0.2, 0.25) is 0 Å². The van der Waals surface area contributed by atoms with Gasteiger partial charge in [0.25, 0.3) is 0 Å². The van der Waals surface area contributed by atoms with E-state index in [1.54, 1.807) is 7.11 Å². The summed E-state index contributed by atoms with van der Waals surface area (Å²) in [6, 6.07) is 12.4. The monoisotopic (exact) mass is 1230 g/mol. The largest absolute Gasteiger partial charge is 0.394 e. The average molecular weight is 1230 g/mol. The molecule has 1 aromatic carbocycles. The first-order valence-corrected chi connectivity index (χ1v) is 32.4. The lowest BCUT2D eigenvalue weighted by Crippen LogP contribution is -2.67. The van der Waals surface area contributed by atoms with Crippen molar-refractivity contribution in [3.63, 3.8) is 0 Å². The Morgan fingerprint density at radius 2 is 1.00 bits per heavy atom. The average Bonchev–Trinajstić information content (AvgIpc) is 1.57. The molecule has 15 unspecified atom stereocenters. The van der Waals surface area contributed by atoms with Crippen molar-refractivity contribution in [1.82, 2.24) is 20.4 Å². The van der Waals surface area contributed by atoms with E-state index >= 15 is 0 Å². The second-order valence-corrected chi connectivity index (χ2v) is 25.8. The summed E-state index contributed by atoms with van der Waals surface area (Å²) in [6.45, 7) is 2.26. The van der Waals surface area contributed by atoms with Crippen LogP contribution in [0.1, 0.15) is 147 Å². The van der Waals surface area contributed by atoms with E-state index in [-0.39, 0.29) is 54.5 Å². The molecule has 9 aliphatic rings. The fourth-order valence-electron chi connectivity index (χ4n) is 12.5. The van der Waals surface area contributed by atoms with E-state index in [2.05, 4.69) is 81.8 Å². The van der Waals surface area contributed by atoms with Gasteiger partial charge in [0.1, 0.15) is 18.3 Å². The van der Waals surface area contributed by atoms with Crippen LogP contribution in [0.5, 0.6) is 0 Å². The number of aliphatic hydroxyl groups is 3. The number of nitrogens with two attached hydrogens (primary N) is 12. The third kappa shape index (κ3) is 26.7. The van der Waals surface area contributed by atoms with Crippen molar-refractivity contribution >= 4 is 0 Å². The molecule has 86 heavy (non-hydrogen) atoms. The van der Waals surface area contributed by atoms with E-state index in [9.17, 15) is 5.11 Å². The van der Waals surface area contributed by atoms with Gasteiger partial charge in [-0.25, -0.2) is 0 Å². The quantitative estimate of drug-likeness (QED) is 0.153. The molecule has 504 valence electrons. The van der Waals surface area contributed by atoms with Gasteiger partial charge in [-0.15, -0.1) is 0 Å². The molecule has 24 heteroatoms. The van der Waals surface area contributed by atoms with Crippen LogP contribution in [0, 0.1) is 5.92 Å². The van der Waals surface area contributed by atoms with Gasteiger partial charge in [0, 0.05) is 85.2 Å². The van der Waals surface area contributed by atoms with Crippen molar-refractivity contribution in [2.45, 2.75) is 275 Å². The molecule has 0 aromatic heterocycles. The van der Waals surface area contributed by atoms with Crippen LogP contribution in [0.4, 0.5) is 0 Å². The van der Waals surface area contributed by atoms with Gasteiger partial charge in [0.05, 0.1) is 43.5 Å². The molecule has 24 atom stereocenters. The Labute approximate surface area is 518 Å². The molecule has 3 saturated heterocycles. The zero-order valence-electron chi connectivity index (χ0n) is 54.2. The maximum absolute atomic E-state index is 9.32. The van der Waals surface area contributed by atoms with Crippen molar-refractivity contribution in [2.24, 2.45) is 74.7 Å². The lowest BCUT2D eigenvalue weighted by Gasteiger charge is -2.47. The Hall–Kier alpha value is -2.00. The second kappa shape index (κ2) is 42.2. The number of ether oxygens (including phenoxy) is 5. The SMILES string of the molecule is CC1CCC(N)C(N)C1.CN(C)C1CCCCC1N(C)C.CNC1CCCCC1NC.CO[C@@H]1O[C@@H]2COC(c3ccccc3)O[C@H]2[C@H](N)[C@H]1N.NC1CC=CCC1N.NC1CCCC1N.NC1CCCCC1N.N[C@H]1[C@H](O)[C@@H](CO)OC(O)[C@@H]1N. The Morgan fingerprint density at radius 1 is 0.535 bits per heavy atom. The van der Waals surface area contributed by atoms with E-state index < -0.39 is 55.8 Å². The third-order valence-corrected chi connectivity index (χ3v) is 18.6. The molecule has 5 saturated carbocycles. The van der Waals surface area contributed by atoms with Gasteiger partial charge in [0.15, 0.2) is 18.9 Å². The molecule has 0 radical (unpaired) electrons. The maximum atomic E-state index is 9.32. The molecule has 10 rings (SSSR count).